The smallest absolute Gasteiger partial charge is 0.312 e. The van der Waals surface area contributed by atoms with Crippen molar-refractivity contribution in [3.05, 3.63) is 40.3 Å². The minimum atomic E-state index is -1.13. The van der Waals surface area contributed by atoms with Crippen LogP contribution in [0.5, 0.6) is 5.75 Å². The molecule has 0 saturated carbocycles. The summed E-state index contributed by atoms with van der Waals surface area (Å²) in [6.07, 6.45) is 0.162. The third kappa shape index (κ3) is 5.31. The Bertz CT molecular complexity index is 483. The van der Waals surface area contributed by atoms with Crippen molar-refractivity contribution in [1.29, 1.82) is 0 Å². The Morgan fingerprint density at radius 2 is 2.00 bits per heavy atom. The number of carboxylic acid groups (broad SMARTS) is 1. The van der Waals surface area contributed by atoms with Gasteiger partial charge < -0.3 is 9.84 Å². The molecule has 0 amide bonds. The summed E-state index contributed by atoms with van der Waals surface area (Å²) in [5.74, 6) is -0.417. The van der Waals surface area contributed by atoms with Crippen LogP contribution in [-0.2, 0) is 11.2 Å². The van der Waals surface area contributed by atoms with E-state index in [-0.39, 0.29) is 12.0 Å². The lowest BCUT2D eigenvalue weighted by Gasteiger charge is -2.21. The van der Waals surface area contributed by atoms with Crippen molar-refractivity contribution < 1.29 is 14.6 Å². The highest BCUT2D eigenvalue weighted by Crippen LogP contribution is 2.19. The number of benzene rings is 1. The first kappa shape index (κ1) is 14.9. The Balaban J connectivity index is 2.76. The van der Waals surface area contributed by atoms with E-state index in [1.807, 2.05) is 20.8 Å². The fourth-order valence-electron chi connectivity index (χ4n) is 1.51. The Kier molecular flexibility index (Phi) is 4.78. The predicted molar refractivity (Wildman–Crippen MR) is 71.1 cm³/mol. The molecule has 6 heteroatoms. The van der Waals surface area contributed by atoms with E-state index in [0.717, 1.165) is 5.56 Å². The van der Waals surface area contributed by atoms with Crippen LogP contribution in [0.4, 0.5) is 0 Å². The van der Waals surface area contributed by atoms with Crippen molar-refractivity contribution in [3.8, 4) is 5.75 Å². The SMILES string of the molecule is CC(C)(C)Oc1ccc(C[C@H](N=[N+]=[N-])C(=O)O)cc1. The third-order valence-electron chi connectivity index (χ3n) is 2.25. The van der Waals surface area contributed by atoms with Gasteiger partial charge in [-0.05, 0) is 50.4 Å². The van der Waals surface area contributed by atoms with Gasteiger partial charge in [-0.15, -0.1) is 0 Å². The molecule has 0 saturated heterocycles. The number of hydrogen-bond donors (Lipinski definition) is 1. The summed E-state index contributed by atoms with van der Waals surface area (Å²) in [7, 11) is 0. The predicted octanol–water partition coefficient (Wildman–Crippen LogP) is 3.17. The molecule has 0 aliphatic carbocycles. The Labute approximate surface area is 111 Å². The molecule has 19 heavy (non-hydrogen) atoms. The lowest BCUT2D eigenvalue weighted by molar-refractivity contribution is -0.138. The van der Waals surface area contributed by atoms with Gasteiger partial charge in [0.1, 0.15) is 17.4 Å². The standard InChI is InChI=1S/C13H17N3O3/c1-13(2,3)19-10-6-4-9(5-7-10)8-11(12(17)18)15-16-14/h4-7,11H,8H2,1-3H3,(H,17,18)/t11-/m0/s1. The van der Waals surface area contributed by atoms with Crippen LogP contribution < -0.4 is 4.74 Å². The topological polar surface area (TPSA) is 95.3 Å². The lowest BCUT2D eigenvalue weighted by Crippen LogP contribution is -2.23. The first-order chi connectivity index (χ1) is 8.81. The van der Waals surface area contributed by atoms with E-state index in [9.17, 15) is 4.79 Å². The first-order valence-corrected chi connectivity index (χ1v) is 5.87. The van der Waals surface area contributed by atoms with Crippen molar-refractivity contribution in [3.63, 3.8) is 0 Å². The lowest BCUT2D eigenvalue weighted by atomic mass is 10.1. The van der Waals surface area contributed by atoms with E-state index in [2.05, 4.69) is 10.0 Å². The quantitative estimate of drug-likeness (QED) is 0.502. The third-order valence-corrected chi connectivity index (χ3v) is 2.25. The molecule has 6 nitrogen and oxygen atoms in total. The van der Waals surface area contributed by atoms with Gasteiger partial charge in [-0.3, -0.25) is 4.79 Å². The van der Waals surface area contributed by atoms with E-state index in [4.69, 9.17) is 15.4 Å². The second-order valence-corrected chi connectivity index (χ2v) is 5.12. The average Bonchev–Trinajstić information content (AvgIpc) is 2.29. The summed E-state index contributed by atoms with van der Waals surface area (Å²) in [6, 6.07) is 6.00. The molecule has 1 rings (SSSR count). The fourth-order valence-corrected chi connectivity index (χ4v) is 1.51. The van der Waals surface area contributed by atoms with E-state index < -0.39 is 12.0 Å². The summed E-state index contributed by atoms with van der Waals surface area (Å²) >= 11 is 0. The van der Waals surface area contributed by atoms with Gasteiger partial charge in [0.25, 0.3) is 0 Å². The molecular weight excluding hydrogens is 246 g/mol. The molecule has 1 aromatic rings. The molecule has 0 spiro atoms. The van der Waals surface area contributed by atoms with Crippen molar-refractivity contribution in [2.45, 2.75) is 38.8 Å². The zero-order valence-electron chi connectivity index (χ0n) is 11.2. The van der Waals surface area contributed by atoms with Crippen LogP contribution in [0.25, 0.3) is 10.4 Å². The number of rotatable bonds is 5. The van der Waals surface area contributed by atoms with Gasteiger partial charge in [-0.1, -0.05) is 17.2 Å². The number of nitrogens with zero attached hydrogens (tertiary/aromatic N) is 3. The van der Waals surface area contributed by atoms with Gasteiger partial charge in [-0.2, -0.15) is 0 Å². The molecule has 1 N–H and O–H groups in total. The molecule has 0 radical (unpaired) electrons. The van der Waals surface area contributed by atoms with Crippen LogP contribution in [0.2, 0.25) is 0 Å². The van der Waals surface area contributed by atoms with Crippen LogP contribution >= 0.6 is 0 Å². The highest BCUT2D eigenvalue weighted by molar-refractivity contribution is 5.74. The highest BCUT2D eigenvalue weighted by Gasteiger charge is 2.16. The molecule has 0 aliphatic heterocycles. The monoisotopic (exact) mass is 263 g/mol. The van der Waals surface area contributed by atoms with Crippen molar-refractivity contribution in [1.82, 2.24) is 0 Å². The van der Waals surface area contributed by atoms with Crippen LogP contribution in [0.3, 0.4) is 0 Å². The maximum Gasteiger partial charge on any atom is 0.312 e. The van der Waals surface area contributed by atoms with Gasteiger partial charge >= 0.3 is 5.97 Å². The average molecular weight is 263 g/mol. The van der Waals surface area contributed by atoms with Crippen LogP contribution in [0, 0.1) is 0 Å². The Morgan fingerprint density at radius 3 is 2.42 bits per heavy atom. The van der Waals surface area contributed by atoms with Crippen molar-refractivity contribution in [2.75, 3.05) is 0 Å². The van der Waals surface area contributed by atoms with E-state index in [1.165, 1.54) is 0 Å². The molecule has 1 aromatic carbocycles. The Hall–Kier alpha value is -2.20. The van der Waals surface area contributed by atoms with Gasteiger partial charge in [0, 0.05) is 4.91 Å². The van der Waals surface area contributed by atoms with E-state index in [0.29, 0.717) is 5.75 Å². The largest absolute Gasteiger partial charge is 0.488 e. The van der Waals surface area contributed by atoms with E-state index >= 15 is 0 Å². The molecule has 0 unspecified atom stereocenters. The Morgan fingerprint density at radius 1 is 1.42 bits per heavy atom. The zero-order valence-corrected chi connectivity index (χ0v) is 11.2. The minimum Gasteiger partial charge on any atom is -0.488 e. The van der Waals surface area contributed by atoms with Crippen LogP contribution in [-0.4, -0.2) is 22.7 Å². The van der Waals surface area contributed by atoms with Crippen LogP contribution in [0.15, 0.2) is 29.4 Å². The summed E-state index contributed by atoms with van der Waals surface area (Å²) < 4.78 is 5.66. The minimum absolute atomic E-state index is 0.162. The number of aliphatic carboxylic acids is 1. The molecule has 0 aliphatic rings. The van der Waals surface area contributed by atoms with E-state index in [1.54, 1.807) is 24.3 Å². The summed E-state index contributed by atoms with van der Waals surface area (Å²) in [5.41, 5.74) is 8.81. The zero-order chi connectivity index (χ0) is 14.5. The fraction of sp³-hybridized carbons (Fsp3) is 0.462. The van der Waals surface area contributed by atoms with Gasteiger partial charge in [0.2, 0.25) is 0 Å². The molecule has 102 valence electrons. The second kappa shape index (κ2) is 6.11. The number of carbonyl (C=O) groups is 1. The van der Waals surface area contributed by atoms with Crippen molar-refractivity contribution >= 4 is 5.97 Å². The summed E-state index contributed by atoms with van der Waals surface area (Å²) in [6.45, 7) is 5.84. The van der Waals surface area contributed by atoms with Gasteiger partial charge in [-0.25, -0.2) is 0 Å². The van der Waals surface area contributed by atoms with Crippen LogP contribution in [0.1, 0.15) is 26.3 Å². The number of azide groups is 1. The maximum atomic E-state index is 10.9. The second-order valence-electron chi connectivity index (χ2n) is 5.12. The van der Waals surface area contributed by atoms with Gasteiger partial charge in [0.15, 0.2) is 0 Å². The normalized spacial score (nSPS) is 12.4. The number of ether oxygens (including phenoxy) is 1. The number of hydrogen-bond acceptors (Lipinski definition) is 3. The molecular formula is C13H17N3O3. The summed E-state index contributed by atoms with van der Waals surface area (Å²) in [5, 5.41) is 12.1. The number of carboxylic acids is 1. The molecule has 0 fully saturated rings. The highest BCUT2D eigenvalue weighted by atomic mass is 16.5. The maximum absolute atomic E-state index is 10.9. The molecule has 0 aromatic heterocycles. The molecule has 1 atom stereocenters. The van der Waals surface area contributed by atoms with Crippen molar-refractivity contribution in [2.24, 2.45) is 5.11 Å². The van der Waals surface area contributed by atoms with Gasteiger partial charge in [0.05, 0.1) is 0 Å². The molecule has 0 heterocycles. The molecule has 0 bridgehead atoms. The summed E-state index contributed by atoms with van der Waals surface area (Å²) in [4.78, 5) is 13.4. The first-order valence-electron chi connectivity index (χ1n) is 5.87.